The van der Waals surface area contributed by atoms with Crippen LogP contribution in [-0.2, 0) is 47.5 Å². The van der Waals surface area contributed by atoms with Crippen molar-refractivity contribution in [3.8, 4) is 0 Å². The van der Waals surface area contributed by atoms with Crippen LogP contribution in [0.3, 0.4) is 0 Å². The first kappa shape index (κ1) is 36.0. The molecule has 9 nitrogen and oxygen atoms in total. The molecule has 0 aromatic rings. The molecule has 0 bridgehead atoms. The van der Waals surface area contributed by atoms with Gasteiger partial charge in [0.1, 0.15) is 0 Å². The van der Waals surface area contributed by atoms with Gasteiger partial charge in [0.25, 0.3) is 0 Å². The third-order valence-electron chi connectivity index (χ3n) is 0. The van der Waals surface area contributed by atoms with E-state index in [9.17, 15) is 0 Å². The molecule has 0 amide bonds. The second-order valence-corrected chi connectivity index (χ2v) is 2.25. The summed E-state index contributed by atoms with van der Waals surface area (Å²) in [6.07, 6.45) is 0. The molecule has 0 rings (SSSR count). The quantitative estimate of drug-likeness (QED) is 0.376. The van der Waals surface area contributed by atoms with Crippen LogP contribution in [0.25, 0.3) is 0 Å². The van der Waals surface area contributed by atoms with Crippen molar-refractivity contribution in [3.63, 3.8) is 0 Å². The average molecular weight is 364 g/mol. The fraction of sp³-hybridized carbons (Fsp3) is 0. The molecule has 2 radical (unpaired) electrons. The molecule has 0 fully saturated rings. The zero-order valence-corrected chi connectivity index (χ0v) is 14.1. The van der Waals surface area contributed by atoms with Gasteiger partial charge in [-0.25, -0.2) is 0 Å². The van der Waals surface area contributed by atoms with Crippen LogP contribution in [0.2, 0.25) is 0 Å². The van der Waals surface area contributed by atoms with Gasteiger partial charge in [0.15, 0.2) is 0 Å². The Labute approximate surface area is 134 Å². The molecule has 0 atom stereocenters. The maximum absolute atomic E-state index is 8.52. The second kappa shape index (κ2) is 29.4. The fourth-order valence-corrected chi connectivity index (χ4v) is 0. The van der Waals surface area contributed by atoms with Gasteiger partial charge in [-0.2, -0.15) is 0 Å². The predicted molar refractivity (Wildman–Crippen MR) is 20.4 cm³/mol. The Kier molecular flexibility index (Phi) is 70.5. The first-order valence-electron chi connectivity index (χ1n) is 1.84. The summed E-state index contributed by atoms with van der Waals surface area (Å²) in [6.45, 7) is 0. The summed E-state index contributed by atoms with van der Waals surface area (Å²) in [6, 6.07) is 0. The molecule has 15 heavy (non-hydrogen) atoms. The van der Waals surface area contributed by atoms with Crippen LogP contribution < -0.4 is 58.3 Å². The molecular weight excluding hydrogens is 363 g/mol. The van der Waals surface area contributed by atoms with Gasteiger partial charge in [-0.3, -0.25) is 0 Å². The molecule has 0 spiro atoms. The molecule has 0 aliphatic rings. The van der Waals surface area contributed by atoms with Gasteiger partial charge in [0.05, 0.1) is 0 Å². The maximum atomic E-state index is 8.52. The summed E-state index contributed by atoms with van der Waals surface area (Å²) in [4.78, 5) is 51.1. The van der Waals surface area contributed by atoms with Crippen molar-refractivity contribution >= 4 is 27.5 Å². The van der Waals surface area contributed by atoms with E-state index in [2.05, 4.69) is 0 Å². The van der Waals surface area contributed by atoms with Crippen LogP contribution in [0.4, 0.5) is 0 Å². The van der Waals surface area contributed by atoms with Crippen LogP contribution in [0.15, 0.2) is 0 Å². The zero-order valence-electron chi connectivity index (χ0n) is 7.88. The van der Waals surface area contributed by atoms with E-state index in [-0.39, 0.29) is 65.1 Å². The van der Waals surface area contributed by atoms with Gasteiger partial charge < -0.3 is 43.6 Å². The Bertz CT molecular complexity index is 126. The van der Waals surface area contributed by atoms with Crippen molar-refractivity contribution in [2.75, 3.05) is 0 Å². The molecule has 0 heterocycles. The average Bonchev–Trinajstić information content (AvgIpc) is 1.54. The maximum Gasteiger partial charge on any atom is 3.00 e. The van der Waals surface area contributed by atoms with Crippen LogP contribution in [0.1, 0.15) is 1.43 Å². The van der Waals surface area contributed by atoms with Gasteiger partial charge >= 0.3 is 63.7 Å². The van der Waals surface area contributed by atoms with Crippen LogP contribution in [0, 0.1) is 0 Å². The minimum Gasteiger partial charge on any atom is -1.00 e. The zero-order chi connectivity index (χ0) is 10.7. The van der Waals surface area contributed by atoms with E-state index in [1.54, 1.807) is 0 Å². The fourth-order valence-electron chi connectivity index (χ4n) is 0. The Hall–Kier alpha value is 0.890. The Morgan fingerprint density at radius 2 is 0.600 bits per heavy atom. The number of hydrogen-bond donors (Lipinski definition) is 0. The molecule has 84 valence electrons. The molecule has 0 unspecified atom stereocenters. The van der Waals surface area contributed by atoms with Crippen molar-refractivity contribution in [2.24, 2.45) is 0 Å². The van der Waals surface area contributed by atoms with Gasteiger partial charge in [-0.15, -0.1) is 0 Å². The van der Waals surface area contributed by atoms with Gasteiger partial charge in [-0.05, 0) is 0 Å². The molecule has 0 saturated heterocycles. The van der Waals surface area contributed by atoms with Gasteiger partial charge in [0, 0.05) is 27.5 Å². The Morgan fingerprint density at radius 1 is 0.600 bits per heavy atom. The Balaban J connectivity index is -0.0000000135. The summed E-state index contributed by atoms with van der Waals surface area (Å²) >= 11 is 0. The summed E-state index contributed by atoms with van der Waals surface area (Å²) in [5.74, 6) is 0. The van der Waals surface area contributed by atoms with E-state index in [1.807, 2.05) is 0 Å². The van der Waals surface area contributed by atoms with Gasteiger partial charge in [-0.1, -0.05) is 0 Å². The summed E-state index contributed by atoms with van der Waals surface area (Å²) < 4.78 is 25.6. The summed E-state index contributed by atoms with van der Waals surface area (Å²) in [5, 5.41) is 0. The minimum absolute atomic E-state index is 0. The molecule has 0 saturated carbocycles. The second-order valence-electron chi connectivity index (χ2n) is 0.750. The third-order valence-corrected chi connectivity index (χ3v) is 0. The normalized spacial score (nSPS) is 4.80. The van der Waals surface area contributed by atoms with Crippen molar-refractivity contribution in [3.05, 3.63) is 0 Å². The van der Waals surface area contributed by atoms with Crippen molar-refractivity contribution < 1.29 is 107 Å². The van der Waals surface area contributed by atoms with Crippen molar-refractivity contribution in [2.45, 2.75) is 0 Å². The first-order chi connectivity index (χ1) is 5.20. The van der Waals surface area contributed by atoms with Gasteiger partial charge in [0.2, 0.25) is 0 Å². The largest absolute Gasteiger partial charge is 3.00 e. The molecule has 0 aliphatic heterocycles. The van der Waals surface area contributed by atoms with E-state index in [4.69, 9.17) is 42.2 Å². The Morgan fingerprint density at radius 3 is 0.600 bits per heavy atom. The molecule has 0 aromatic heterocycles. The SMILES string of the molecule is O=[Si]([O-])[O-].O=[Si]([O-])[O-].O=[Si]([O-])[O-].[Fe+3].[Fe+3].[H-].[Na+]. The standard InChI is InChI=1S/2Fe.Na.3O3Si.H/c;;;3*1-4(2)3;/q2*+3;+1;3*-2;-1. The number of hydrogen-bond acceptors (Lipinski definition) is 9. The molecular formula is HFe2NaO9Si3. The third kappa shape index (κ3) is 3130. The topological polar surface area (TPSA) is 190 Å². The van der Waals surface area contributed by atoms with Crippen LogP contribution in [0.5, 0.6) is 0 Å². The van der Waals surface area contributed by atoms with Crippen LogP contribution in [-0.4, -0.2) is 27.5 Å². The van der Waals surface area contributed by atoms with Crippen LogP contribution >= 0.6 is 0 Å². The summed E-state index contributed by atoms with van der Waals surface area (Å²) in [5.41, 5.74) is 0. The van der Waals surface area contributed by atoms with E-state index < -0.39 is 27.5 Å². The number of rotatable bonds is 0. The predicted octanol–water partition coefficient (Wildman–Crippen LogP) is -11.5. The molecule has 15 heteroatoms. The molecule has 0 aromatic carbocycles. The monoisotopic (exact) mass is 364 g/mol. The van der Waals surface area contributed by atoms with Crippen molar-refractivity contribution in [1.29, 1.82) is 0 Å². The smallest absolute Gasteiger partial charge is 1.00 e. The van der Waals surface area contributed by atoms with E-state index in [0.717, 1.165) is 0 Å². The molecule has 0 N–H and O–H groups in total. The minimum atomic E-state index is -3.63. The summed E-state index contributed by atoms with van der Waals surface area (Å²) in [7, 11) is -10.9. The first-order valence-corrected chi connectivity index (χ1v) is 5.51. The van der Waals surface area contributed by atoms with E-state index >= 15 is 0 Å². The molecule has 0 aliphatic carbocycles. The van der Waals surface area contributed by atoms with Crippen molar-refractivity contribution in [1.82, 2.24) is 0 Å². The van der Waals surface area contributed by atoms with E-state index in [0.29, 0.717) is 0 Å². The van der Waals surface area contributed by atoms with E-state index in [1.165, 1.54) is 0 Å².